The van der Waals surface area contributed by atoms with Crippen molar-refractivity contribution in [2.45, 2.75) is 6.92 Å². The van der Waals surface area contributed by atoms with Crippen LogP contribution in [-0.4, -0.2) is 76.3 Å². The summed E-state index contributed by atoms with van der Waals surface area (Å²) >= 11 is 6.15. The van der Waals surface area contributed by atoms with Gasteiger partial charge in [0.2, 0.25) is 10.0 Å². The normalized spacial score (nSPS) is 14.9. The fourth-order valence-corrected chi connectivity index (χ4v) is 3.24. The van der Waals surface area contributed by atoms with Crippen molar-refractivity contribution >= 4 is 39.3 Å². The Kier molecular flexibility index (Phi) is 6.35. The number of carbonyl (C=O) groups is 2. The van der Waals surface area contributed by atoms with Gasteiger partial charge in [0.1, 0.15) is 0 Å². The van der Waals surface area contributed by atoms with E-state index >= 15 is 0 Å². The summed E-state index contributed by atoms with van der Waals surface area (Å²) < 4.78 is 29.4. The minimum absolute atomic E-state index is 0.226. The minimum Gasteiger partial charge on any atom is -0.450 e. The fourth-order valence-electron chi connectivity index (χ4n) is 2.54. The molecule has 144 valence electrons. The van der Waals surface area contributed by atoms with Crippen molar-refractivity contribution < 1.29 is 22.7 Å². The lowest BCUT2D eigenvalue weighted by atomic mass is 10.1. The maximum absolute atomic E-state index is 12.8. The monoisotopic (exact) mass is 403 g/mol. The first kappa shape index (κ1) is 20.3. The number of halogens is 1. The lowest BCUT2D eigenvalue weighted by Crippen LogP contribution is -2.50. The van der Waals surface area contributed by atoms with E-state index in [1.54, 1.807) is 22.8 Å². The van der Waals surface area contributed by atoms with Gasteiger partial charge < -0.3 is 14.5 Å². The molecule has 1 aliphatic heterocycles. The van der Waals surface area contributed by atoms with Gasteiger partial charge in [-0.1, -0.05) is 11.6 Å². The summed E-state index contributed by atoms with van der Waals surface area (Å²) in [5.41, 5.74) is 0.578. The highest BCUT2D eigenvalue weighted by atomic mass is 35.5. The van der Waals surface area contributed by atoms with Gasteiger partial charge in [0.25, 0.3) is 5.91 Å². The Balaban J connectivity index is 2.14. The van der Waals surface area contributed by atoms with Crippen LogP contribution in [0.4, 0.5) is 10.5 Å². The number of benzene rings is 1. The molecule has 2 rings (SSSR count). The van der Waals surface area contributed by atoms with E-state index in [4.69, 9.17) is 16.3 Å². The molecule has 26 heavy (non-hydrogen) atoms. The molecular formula is C16H22ClN3O5S. The number of rotatable bonds is 4. The predicted molar refractivity (Wildman–Crippen MR) is 99.2 cm³/mol. The summed E-state index contributed by atoms with van der Waals surface area (Å²) in [7, 11) is -2.04. The smallest absolute Gasteiger partial charge is 0.409 e. The zero-order chi connectivity index (χ0) is 19.5. The van der Waals surface area contributed by atoms with E-state index in [1.165, 1.54) is 19.2 Å². The van der Waals surface area contributed by atoms with E-state index in [1.807, 2.05) is 0 Å². The molecule has 0 aliphatic carbocycles. The molecule has 8 nitrogen and oxygen atoms in total. The third kappa shape index (κ3) is 4.59. The number of piperazine rings is 1. The Morgan fingerprint density at radius 1 is 1.19 bits per heavy atom. The van der Waals surface area contributed by atoms with Crippen LogP contribution in [0.3, 0.4) is 0 Å². The van der Waals surface area contributed by atoms with Crippen LogP contribution >= 0.6 is 11.6 Å². The number of hydrogen-bond acceptors (Lipinski definition) is 5. The number of carbonyl (C=O) groups excluding carboxylic acids is 2. The number of ether oxygens (including phenoxy) is 1. The van der Waals surface area contributed by atoms with Crippen LogP contribution in [0.1, 0.15) is 17.3 Å². The third-order valence-electron chi connectivity index (χ3n) is 4.13. The standard InChI is InChI=1S/C16H22ClN3O5S/c1-4-25-16(22)20-9-7-19(8-10-20)15(21)13-11-12(5-6-14(13)17)18(2)26(3,23)24/h5-6,11H,4,7-10H2,1-3H3. The SMILES string of the molecule is CCOC(=O)N1CCN(C(=O)c2cc(N(C)S(C)(=O)=O)ccc2Cl)CC1. The fraction of sp³-hybridized carbons (Fsp3) is 0.500. The van der Waals surface area contributed by atoms with Gasteiger partial charge in [0.15, 0.2) is 0 Å². The molecule has 1 aromatic carbocycles. The summed E-state index contributed by atoms with van der Waals surface area (Å²) in [6, 6.07) is 4.50. The maximum atomic E-state index is 12.8. The van der Waals surface area contributed by atoms with Crippen LogP contribution in [0.2, 0.25) is 5.02 Å². The van der Waals surface area contributed by atoms with Crippen LogP contribution in [0.25, 0.3) is 0 Å². The van der Waals surface area contributed by atoms with E-state index in [-0.39, 0.29) is 16.5 Å². The molecule has 2 amide bonds. The quantitative estimate of drug-likeness (QED) is 0.762. The van der Waals surface area contributed by atoms with Gasteiger partial charge in [0, 0.05) is 33.2 Å². The van der Waals surface area contributed by atoms with Crippen LogP contribution in [0.5, 0.6) is 0 Å². The van der Waals surface area contributed by atoms with Gasteiger partial charge >= 0.3 is 6.09 Å². The highest BCUT2D eigenvalue weighted by molar-refractivity contribution is 7.92. The molecule has 0 saturated carbocycles. The van der Waals surface area contributed by atoms with Gasteiger partial charge in [-0.25, -0.2) is 13.2 Å². The molecule has 0 bridgehead atoms. The van der Waals surface area contributed by atoms with Crippen LogP contribution in [0, 0.1) is 0 Å². The molecule has 0 atom stereocenters. The van der Waals surface area contributed by atoms with Crippen molar-refractivity contribution in [3.05, 3.63) is 28.8 Å². The first-order valence-electron chi connectivity index (χ1n) is 8.09. The van der Waals surface area contributed by atoms with E-state index in [9.17, 15) is 18.0 Å². The van der Waals surface area contributed by atoms with Gasteiger partial charge in [-0.15, -0.1) is 0 Å². The Hall–Kier alpha value is -2.00. The number of anilines is 1. The second-order valence-corrected chi connectivity index (χ2v) is 8.29. The van der Waals surface area contributed by atoms with E-state index in [0.717, 1.165) is 10.6 Å². The van der Waals surface area contributed by atoms with Crippen molar-refractivity contribution in [3.8, 4) is 0 Å². The number of amides is 2. The molecule has 0 radical (unpaired) electrons. The third-order valence-corrected chi connectivity index (χ3v) is 5.67. The van der Waals surface area contributed by atoms with Crippen LogP contribution in [0.15, 0.2) is 18.2 Å². The van der Waals surface area contributed by atoms with Crippen molar-refractivity contribution in [3.63, 3.8) is 0 Å². The molecular weight excluding hydrogens is 382 g/mol. The molecule has 1 aliphatic rings. The second-order valence-electron chi connectivity index (χ2n) is 5.87. The van der Waals surface area contributed by atoms with Gasteiger partial charge in [-0.3, -0.25) is 9.10 Å². The summed E-state index contributed by atoms with van der Waals surface area (Å²) in [4.78, 5) is 27.6. The van der Waals surface area contributed by atoms with E-state index < -0.39 is 16.1 Å². The first-order valence-corrected chi connectivity index (χ1v) is 10.3. The highest BCUT2D eigenvalue weighted by Gasteiger charge is 2.27. The lowest BCUT2D eigenvalue weighted by molar-refractivity contribution is 0.0570. The lowest BCUT2D eigenvalue weighted by Gasteiger charge is -2.34. The van der Waals surface area contributed by atoms with Crippen molar-refractivity contribution in [2.75, 3.05) is 50.4 Å². The molecule has 0 spiro atoms. The largest absolute Gasteiger partial charge is 0.450 e. The topological polar surface area (TPSA) is 87.2 Å². The van der Waals surface area contributed by atoms with Crippen LogP contribution < -0.4 is 4.31 Å². The predicted octanol–water partition coefficient (Wildman–Crippen LogP) is 1.65. The molecule has 1 saturated heterocycles. The van der Waals surface area contributed by atoms with Crippen LogP contribution in [-0.2, 0) is 14.8 Å². The van der Waals surface area contributed by atoms with Crippen molar-refractivity contribution in [1.82, 2.24) is 9.80 Å². The number of sulfonamides is 1. The Morgan fingerprint density at radius 3 is 2.31 bits per heavy atom. The van der Waals surface area contributed by atoms with Crippen molar-refractivity contribution in [2.24, 2.45) is 0 Å². The summed E-state index contributed by atoms with van der Waals surface area (Å²) in [5, 5.41) is 0.244. The zero-order valence-electron chi connectivity index (χ0n) is 14.9. The summed E-state index contributed by atoms with van der Waals surface area (Å²) in [6.07, 6.45) is 0.687. The van der Waals surface area contributed by atoms with Gasteiger partial charge in [-0.05, 0) is 25.1 Å². The van der Waals surface area contributed by atoms with E-state index in [2.05, 4.69) is 0 Å². The summed E-state index contributed by atoms with van der Waals surface area (Å²) in [6.45, 7) is 3.46. The zero-order valence-corrected chi connectivity index (χ0v) is 16.5. The second kappa shape index (κ2) is 8.13. The Bertz CT molecular complexity index is 791. The molecule has 0 unspecified atom stereocenters. The van der Waals surface area contributed by atoms with Crippen molar-refractivity contribution in [1.29, 1.82) is 0 Å². The van der Waals surface area contributed by atoms with E-state index in [0.29, 0.717) is 38.5 Å². The Labute approximate surface area is 158 Å². The summed E-state index contributed by atoms with van der Waals surface area (Å²) in [5.74, 6) is -0.303. The maximum Gasteiger partial charge on any atom is 0.409 e. The molecule has 1 heterocycles. The average molecular weight is 404 g/mol. The first-order chi connectivity index (χ1) is 12.1. The van der Waals surface area contributed by atoms with Gasteiger partial charge in [-0.2, -0.15) is 0 Å². The molecule has 0 aromatic heterocycles. The average Bonchev–Trinajstić information content (AvgIpc) is 2.60. The Morgan fingerprint density at radius 2 is 1.77 bits per heavy atom. The molecule has 1 fully saturated rings. The minimum atomic E-state index is -3.45. The number of hydrogen-bond donors (Lipinski definition) is 0. The molecule has 1 aromatic rings. The molecule has 10 heteroatoms. The number of nitrogens with zero attached hydrogens (tertiary/aromatic N) is 3. The van der Waals surface area contributed by atoms with Gasteiger partial charge in [0.05, 0.1) is 29.1 Å². The molecule has 0 N–H and O–H groups in total. The highest BCUT2D eigenvalue weighted by Crippen LogP contribution is 2.25.